The van der Waals surface area contributed by atoms with Gasteiger partial charge in [-0.15, -0.1) is 0 Å². The first-order valence-corrected chi connectivity index (χ1v) is 5.89. The van der Waals surface area contributed by atoms with Gasteiger partial charge in [0.25, 0.3) is 0 Å². The van der Waals surface area contributed by atoms with E-state index in [1.807, 2.05) is 12.1 Å². The zero-order valence-electron chi connectivity index (χ0n) is 10.2. The number of hydrogen-bond donors (Lipinski definition) is 2. The molecule has 0 fully saturated rings. The Morgan fingerprint density at radius 1 is 1.41 bits per heavy atom. The molecule has 0 aliphatic rings. The predicted octanol–water partition coefficient (Wildman–Crippen LogP) is 2.28. The Morgan fingerprint density at radius 2 is 2.18 bits per heavy atom. The van der Waals surface area contributed by atoms with Gasteiger partial charge in [-0.3, -0.25) is 11.3 Å². The zero-order valence-corrected chi connectivity index (χ0v) is 11.0. The minimum atomic E-state index is 0.0128. The van der Waals surface area contributed by atoms with Crippen LogP contribution < -0.4 is 16.0 Å². The maximum Gasteiger partial charge on any atom is 0.123 e. The molecule has 17 heavy (non-hydrogen) atoms. The highest BCUT2D eigenvalue weighted by Gasteiger charge is 2.14. The average Bonchev–Trinajstić information content (AvgIpc) is 2.35. The molecule has 0 saturated carbocycles. The Bertz CT molecular complexity index is 347. The molecule has 0 bridgehead atoms. The standard InChI is InChI=1S/C12H19ClN2O2/c1-16-7-3-4-11(15-14)10-8-9(13)5-6-12(10)17-2/h5-6,8,11,15H,3-4,7,14H2,1-2H3. The lowest BCUT2D eigenvalue weighted by Crippen LogP contribution is -2.28. The van der Waals surface area contributed by atoms with Crippen molar-refractivity contribution in [2.45, 2.75) is 18.9 Å². The normalized spacial score (nSPS) is 12.5. The van der Waals surface area contributed by atoms with Gasteiger partial charge in [0, 0.05) is 30.3 Å². The summed E-state index contributed by atoms with van der Waals surface area (Å²) in [5.41, 5.74) is 3.76. The predicted molar refractivity (Wildman–Crippen MR) is 69.2 cm³/mol. The Labute approximate surface area is 107 Å². The van der Waals surface area contributed by atoms with Gasteiger partial charge in [-0.05, 0) is 31.0 Å². The van der Waals surface area contributed by atoms with Crippen molar-refractivity contribution in [3.8, 4) is 5.75 Å². The highest BCUT2D eigenvalue weighted by molar-refractivity contribution is 6.30. The van der Waals surface area contributed by atoms with Crippen LogP contribution in [0.25, 0.3) is 0 Å². The van der Waals surface area contributed by atoms with E-state index in [-0.39, 0.29) is 6.04 Å². The molecule has 96 valence electrons. The number of nitrogens with two attached hydrogens (primary N) is 1. The molecule has 1 atom stereocenters. The van der Waals surface area contributed by atoms with Crippen LogP contribution in [0.5, 0.6) is 5.75 Å². The molecule has 3 N–H and O–H groups in total. The first-order valence-electron chi connectivity index (χ1n) is 5.51. The van der Waals surface area contributed by atoms with Crippen LogP contribution in [0.2, 0.25) is 5.02 Å². The molecule has 0 heterocycles. The molecule has 0 aliphatic carbocycles. The van der Waals surface area contributed by atoms with Crippen LogP contribution in [0, 0.1) is 0 Å². The summed E-state index contributed by atoms with van der Waals surface area (Å²) in [6, 6.07) is 5.53. The SMILES string of the molecule is COCCCC(NN)c1cc(Cl)ccc1OC. The minimum Gasteiger partial charge on any atom is -0.496 e. The van der Waals surface area contributed by atoms with Crippen LogP contribution in [-0.2, 0) is 4.74 Å². The topological polar surface area (TPSA) is 56.5 Å². The van der Waals surface area contributed by atoms with Gasteiger partial charge in [0.15, 0.2) is 0 Å². The minimum absolute atomic E-state index is 0.0128. The number of hydrazine groups is 1. The summed E-state index contributed by atoms with van der Waals surface area (Å²) in [4.78, 5) is 0. The Balaban J connectivity index is 2.82. The number of benzene rings is 1. The van der Waals surface area contributed by atoms with Crippen LogP contribution in [0.4, 0.5) is 0 Å². The number of rotatable bonds is 7. The summed E-state index contributed by atoms with van der Waals surface area (Å²) in [5, 5.41) is 0.674. The second-order valence-electron chi connectivity index (χ2n) is 3.74. The molecule has 0 aliphatic heterocycles. The second kappa shape index (κ2) is 7.50. The number of ether oxygens (including phenoxy) is 2. The average molecular weight is 259 g/mol. The fourth-order valence-corrected chi connectivity index (χ4v) is 1.92. The van der Waals surface area contributed by atoms with Crippen LogP contribution in [0.3, 0.4) is 0 Å². The fourth-order valence-electron chi connectivity index (χ4n) is 1.74. The summed E-state index contributed by atoms with van der Waals surface area (Å²) >= 11 is 5.99. The summed E-state index contributed by atoms with van der Waals surface area (Å²) in [6.45, 7) is 0.709. The first-order chi connectivity index (χ1) is 8.22. The van der Waals surface area contributed by atoms with Gasteiger partial charge in [-0.25, -0.2) is 0 Å². The van der Waals surface area contributed by atoms with E-state index in [0.717, 1.165) is 24.2 Å². The molecule has 1 aromatic carbocycles. The van der Waals surface area contributed by atoms with Crippen molar-refractivity contribution in [2.24, 2.45) is 5.84 Å². The maximum absolute atomic E-state index is 5.99. The first kappa shape index (κ1) is 14.3. The van der Waals surface area contributed by atoms with Gasteiger partial charge >= 0.3 is 0 Å². The van der Waals surface area contributed by atoms with Crippen molar-refractivity contribution in [3.63, 3.8) is 0 Å². The van der Waals surface area contributed by atoms with Gasteiger partial charge < -0.3 is 9.47 Å². The highest BCUT2D eigenvalue weighted by Crippen LogP contribution is 2.30. The molecular formula is C12H19ClN2O2. The van der Waals surface area contributed by atoms with E-state index in [1.54, 1.807) is 20.3 Å². The molecular weight excluding hydrogens is 240 g/mol. The summed E-state index contributed by atoms with van der Waals surface area (Å²) in [6.07, 6.45) is 1.78. The third-order valence-corrected chi connectivity index (χ3v) is 2.84. The molecule has 0 radical (unpaired) electrons. The van der Waals surface area contributed by atoms with Crippen molar-refractivity contribution in [1.29, 1.82) is 0 Å². The zero-order chi connectivity index (χ0) is 12.7. The van der Waals surface area contributed by atoms with Crippen molar-refractivity contribution < 1.29 is 9.47 Å². The monoisotopic (exact) mass is 258 g/mol. The van der Waals surface area contributed by atoms with E-state index in [4.69, 9.17) is 26.9 Å². The second-order valence-corrected chi connectivity index (χ2v) is 4.18. The van der Waals surface area contributed by atoms with Gasteiger partial charge in [-0.2, -0.15) is 0 Å². The van der Waals surface area contributed by atoms with Crippen LogP contribution >= 0.6 is 11.6 Å². The van der Waals surface area contributed by atoms with E-state index in [1.165, 1.54) is 0 Å². The smallest absolute Gasteiger partial charge is 0.123 e. The molecule has 5 heteroatoms. The highest BCUT2D eigenvalue weighted by atomic mass is 35.5. The molecule has 1 aromatic rings. The van der Waals surface area contributed by atoms with E-state index >= 15 is 0 Å². The van der Waals surface area contributed by atoms with Gasteiger partial charge in [-0.1, -0.05) is 11.6 Å². The van der Waals surface area contributed by atoms with Crippen molar-refractivity contribution in [1.82, 2.24) is 5.43 Å². The molecule has 0 amide bonds. The van der Waals surface area contributed by atoms with Crippen molar-refractivity contribution >= 4 is 11.6 Å². The van der Waals surface area contributed by atoms with E-state index < -0.39 is 0 Å². The quantitative estimate of drug-likeness (QED) is 0.448. The summed E-state index contributed by atoms with van der Waals surface area (Å²) < 4.78 is 10.3. The molecule has 4 nitrogen and oxygen atoms in total. The third kappa shape index (κ3) is 4.16. The fraction of sp³-hybridized carbons (Fsp3) is 0.500. The Kier molecular flexibility index (Phi) is 6.29. The van der Waals surface area contributed by atoms with Crippen LogP contribution in [0.1, 0.15) is 24.4 Å². The van der Waals surface area contributed by atoms with E-state index in [9.17, 15) is 0 Å². The van der Waals surface area contributed by atoms with Crippen molar-refractivity contribution in [3.05, 3.63) is 28.8 Å². The largest absolute Gasteiger partial charge is 0.496 e. The molecule has 0 aromatic heterocycles. The van der Waals surface area contributed by atoms with E-state index in [2.05, 4.69) is 5.43 Å². The Hall–Kier alpha value is -0.810. The lowest BCUT2D eigenvalue weighted by molar-refractivity contribution is 0.188. The van der Waals surface area contributed by atoms with Crippen LogP contribution in [0.15, 0.2) is 18.2 Å². The molecule has 1 unspecified atom stereocenters. The lowest BCUT2D eigenvalue weighted by atomic mass is 10.0. The number of halogens is 1. The third-order valence-electron chi connectivity index (χ3n) is 2.61. The number of hydrogen-bond acceptors (Lipinski definition) is 4. The van der Waals surface area contributed by atoms with E-state index in [0.29, 0.717) is 11.6 Å². The van der Waals surface area contributed by atoms with Gasteiger partial charge in [0.05, 0.1) is 7.11 Å². The number of methoxy groups -OCH3 is 2. The summed E-state index contributed by atoms with van der Waals surface area (Å²) in [7, 11) is 3.32. The van der Waals surface area contributed by atoms with Gasteiger partial charge in [0.1, 0.15) is 5.75 Å². The van der Waals surface area contributed by atoms with Crippen LogP contribution in [-0.4, -0.2) is 20.8 Å². The molecule has 0 spiro atoms. The number of nitrogens with one attached hydrogen (secondary N) is 1. The summed E-state index contributed by atoms with van der Waals surface area (Å²) in [5.74, 6) is 6.36. The molecule has 1 rings (SSSR count). The maximum atomic E-state index is 5.99. The molecule has 0 saturated heterocycles. The van der Waals surface area contributed by atoms with Crippen molar-refractivity contribution in [2.75, 3.05) is 20.8 Å². The Morgan fingerprint density at radius 3 is 2.76 bits per heavy atom. The lowest BCUT2D eigenvalue weighted by Gasteiger charge is -2.19. The van der Waals surface area contributed by atoms with Gasteiger partial charge in [0.2, 0.25) is 0 Å².